The number of hydrogen-bond donors (Lipinski definition) is 1. The fourth-order valence-electron chi connectivity index (χ4n) is 3.91. The summed E-state index contributed by atoms with van der Waals surface area (Å²) in [5.74, 6) is 2.42. The summed E-state index contributed by atoms with van der Waals surface area (Å²) in [5, 5.41) is 0. The number of likely N-dealkylation sites (tertiary alicyclic amines) is 1. The lowest BCUT2D eigenvalue weighted by atomic mass is 9.95. The van der Waals surface area contributed by atoms with Crippen molar-refractivity contribution in [1.82, 2.24) is 14.9 Å². The molecule has 0 amide bonds. The summed E-state index contributed by atoms with van der Waals surface area (Å²) in [6, 6.07) is 3.81. The minimum Gasteiger partial charge on any atom is -0.491 e. The van der Waals surface area contributed by atoms with Crippen molar-refractivity contribution in [3.63, 3.8) is 0 Å². The van der Waals surface area contributed by atoms with Crippen molar-refractivity contribution >= 4 is 11.0 Å². The molecule has 4 rings (SSSR count). The fourth-order valence-corrected chi connectivity index (χ4v) is 3.91. The molecule has 0 aromatic carbocycles. The molecule has 0 aliphatic carbocycles. The van der Waals surface area contributed by atoms with Gasteiger partial charge in [-0.05, 0) is 37.9 Å². The van der Waals surface area contributed by atoms with Crippen LogP contribution < -0.4 is 15.2 Å². The summed E-state index contributed by atoms with van der Waals surface area (Å²) >= 11 is 0. The second kappa shape index (κ2) is 6.53. The topological polar surface area (TPSA) is 73.5 Å². The van der Waals surface area contributed by atoms with E-state index in [2.05, 4.69) is 14.9 Å². The molecule has 6 heteroatoms. The molecule has 0 bridgehead atoms. The first kappa shape index (κ1) is 15.6. The molecule has 0 spiro atoms. The van der Waals surface area contributed by atoms with Gasteiger partial charge in [-0.2, -0.15) is 0 Å². The number of piperidine rings is 1. The first-order valence-electron chi connectivity index (χ1n) is 8.67. The molecule has 4 heterocycles. The van der Waals surface area contributed by atoms with Gasteiger partial charge >= 0.3 is 0 Å². The number of aromatic nitrogens is 2. The second-order valence-electron chi connectivity index (χ2n) is 6.77. The lowest BCUT2D eigenvalue weighted by Gasteiger charge is -2.33. The summed E-state index contributed by atoms with van der Waals surface area (Å²) < 4.78 is 11.2. The smallest absolute Gasteiger partial charge is 0.213 e. The Morgan fingerprint density at radius 2 is 2.33 bits per heavy atom. The zero-order valence-electron chi connectivity index (χ0n) is 14.1. The number of hydrogen-bond acceptors (Lipinski definition) is 6. The monoisotopic (exact) mass is 328 g/mol. The van der Waals surface area contributed by atoms with Gasteiger partial charge in [-0.25, -0.2) is 4.98 Å². The van der Waals surface area contributed by atoms with Crippen LogP contribution in [-0.2, 0) is 0 Å². The fraction of sp³-hybridized carbons (Fsp3) is 0.556. The molecule has 1 saturated heterocycles. The Bertz CT molecular complexity index is 736. The number of fused-ring (bicyclic) bond motifs is 3. The third-order valence-corrected chi connectivity index (χ3v) is 5.16. The Hall–Kier alpha value is -1.92. The number of rotatable bonds is 4. The molecule has 128 valence electrons. The van der Waals surface area contributed by atoms with E-state index in [-0.39, 0.29) is 0 Å². The van der Waals surface area contributed by atoms with E-state index in [4.69, 9.17) is 15.2 Å². The van der Waals surface area contributed by atoms with E-state index in [0.29, 0.717) is 24.3 Å². The van der Waals surface area contributed by atoms with E-state index in [1.807, 2.05) is 18.3 Å². The van der Waals surface area contributed by atoms with E-state index in [9.17, 15) is 0 Å². The standard InChI is InChI=1S/C18H24N4O2/c1-23-16-5-4-14-18(21-16)17-13(11-24-15(17)8-20-14)10-22-6-2-3-12(7-19)9-22/h4-5,8,12-13H,2-3,6-7,9-11,19H2,1H3. The molecule has 1 fully saturated rings. The molecule has 2 atom stereocenters. The van der Waals surface area contributed by atoms with Gasteiger partial charge in [0, 0.05) is 30.6 Å². The predicted octanol–water partition coefficient (Wildman–Crippen LogP) is 1.79. The molecule has 2 unspecified atom stereocenters. The quantitative estimate of drug-likeness (QED) is 0.922. The Morgan fingerprint density at radius 1 is 1.42 bits per heavy atom. The highest BCUT2D eigenvalue weighted by atomic mass is 16.5. The van der Waals surface area contributed by atoms with Crippen LogP contribution in [0.5, 0.6) is 11.6 Å². The van der Waals surface area contributed by atoms with Crippen molar-refractivity contribution in [2.45, 2.75) is 18.8 Å². The summed E-state index contributed by atoms with van der Waals surface area (Å²) in [4.78, 5) is 11.6. The van der Waals surface area contributed by atoms with Gasteiger partial charge < -0.3 is 20.1 Å². The van der Waals surface area contributed by atoms with Crippen molar-refractivity contribution in [2.24, 2.45) is 11.7 Å². The van der Waals surface area contributed by atoms with Crippen LogP contribution in [-0.4, -0.2) is 54.8 Å². The molecule has 2 aromatic rings. The summed E-state index contributed by atoms with van der Waals surface area (Å²) in [5.41, 5.74) is 8.84. The minimum absolute atomic E-state index is 0.321. The van der Waals surface area contributed by atoms with Crippen LogP contribution in [0.2, 0.25) is 0 Å². The Morgan fingerprint density at radius 3 is 3.17 bits per heavy atom. The van der Waals surface area contributed by atoms with Crippen molar-refractivity contribution in [2.75, 3.05) is 39.9 Å². The van der Waals surface area contributed by atoms with Crippen LogP contribution in [0.1, 0.15) is 24.3 Å². The normalized spacial score (nSPS) is 23.9. The average molecular weight is 328 g/mol. The molecule has 0 radical (unpaired) electrons. The molecule has 0 saturated carbocycles. The van der Waals surface area contributed by atoms with Crippen molar-refractivity contribution in [3.05, 3.63) is 23.9 Å². The maximum atomic E-state index is 5.89. The van der Waals surface area contributed by atoms with Crippen LogP contribution in [0.15, 0.2) is 18.3 Å². The summed E-state index contributed by atoms with van der Waals surface area (Å²) in [6.07, 6.45) is 4.30. The number of methoxy groups -OCH3 is 1. The molecular formula is C18H24N4O2. The maximum Gasteiger partial charge on any atom is 0.213 e. The van der Waals surface area contributed by atoms with Crippen LogP contribution in [0.4, 0.5) is 0 Å². The summed E-state index contributed by atoms with van der Waals surface area (Å²) in [7, 11) is 1.64. The highest BCUT2D eigenvalue weighted by Gasteiger charge is 2.31. The highest BCUT2D eigenvalue weighted by molar-refractivity contribution is 5.81. The molecular weight excluding hydrogens is 304 g/mol. The van der Waals surface area contributed by atoms with E-state index < -0.39 is 0 Å². The van der Waals surface area contributed by atoms with E-state index >= 15 is 0 Å². The first-order valence-corrected chi connectivity index (χ1v) is 8.67. The molecule has 6 nitrogen and oxygen atoms in total. The second-order valence-corrected chi connectivity index (χ2v) is 6.77. The lowest BCUT2D eigenvalue weighted by molar-refractivity contribution is 0.161. The van der Waals surface area contributed by atoms with E-state index in [1.165, 1.54) is 18.4 Å². The van der Waals surface area contributed by atoms with E-state index in [1.54, 1.807) is 7.11 Å². The van der Waals surface area contributed by atoms with Crippen LogP contribution >= 0.6 is 0 Å². The zero-order chi connectivity index (χ0) is 16.5. The Balaban J connectivity index is 1.63. The van der Waals surface area contributed by atoms with Crippen molar-refractivity contribution in [3.8, 4) is 11.6 Å². The largest absolute Gasteiger partial charge is 0.491 e. The van der Waals surface area contributed by atoms with Gasteiger partial charge in [-0.3, -0.25) is 4.98 Å². The zero-order valence-corrected chi connectivity index (χ0v) is 14.1. The molecule has 2 aromatic heterocycles. The SMILES string of the molecule is COc1ccc2ncc3c(c2n1)C(CN1CCCC(CN)C1)CO3. The number of nitrogens with two attached hydrogens (primary N) is 1. The molecule has 24 heavy (non-hydrogen) atoms. The van der Waals surface area contributed by atoms with Gasteiger partial charge in [0.2, 0.25) is 5.88 Å². The maximum absolute atomic E-state index is 5.89. The van der Waals surface area contributed by atoms with Gasteiger partial charge in [0.15, 0.2) is 0 Å². The van der Waals surface area contributed by atoms with Gasteiger partial charge in [0.05, 0.1) is 25.4 Å². The van der Waals surface area contributed by atoms with Gasteiger partial charge in [0.25, 0.3) is 0 Å². The third-order valence-electron chi connectivity index (χ3n) is 5.16. The van der Waals surface area contributed by atoms with Crippen molar-refractivity contribution in [1.29, 1.82) is 0 Å². The van der Waals surface area contributed by atoms with Crippen molar-refractivity contribution < 1.29 is 9.47 Å². The predicted molar refractivity (Wildman–Crippen MR) is 92.5 cm³/mol. The minimum atomic E-state index is 0.321. The van der Waals surface area contributed by atoms with Crippen LogP contribution in [0, 0.1) is 5.92 Å². The van der Waals surface area contributed by atoms with Gasteiger partial charge in [0.1, 0.15) is 11.3 Å². The van der Waals surface area contributed by atoms with E-state index in [0.717, 1.165) is 43.0 Å². The first-order chi connectivity index (χ1) is 11.8. The van der Waals surface area contributed by atoms with Crippen LogP contribution in [0.25, 0.3) is 11.0 Å². The molecule has 2 aliphatic heterocycles. The lowest BCUT2D eigenvalue weighted by Crippen LogP contribution is -2.40. The number of nitrogens with zero attached hydrogens (tertiary/aromatic N) is 3. The van der Waals surface area contributed by atoms with Crippen LogP contribution in [0.3, 0.4) is 0 Å². The number of pyridine rings is 2. The number of ether oxygens (including phenoxy) is 2. The Kier molecular flexibility index (Phi) is 4.24. The molecule has 2 aliphatic rings. The Labute approximate surface area is 142 Å². The summed E-state index contributed by atoms with van der Waals surface area (Å²) in [6.45, 7) is 4.68. The average Bonchev–Trinajstić information content (AvgIpc) is 3.04. The van der Waals surface area contributed by atoms with Gasteiger partial charge in [-0.1, -0.05) is 0 Å². The third kappa shape index (κ3) is 2.80. The van der Waals surface area contributed by atoms with Gasteiger partial charge in [-0.15, -0.1) is 0 Å². The highest BCUT2D eigenvalue weighted by Crippen LogP contribution is 2.39. The molecule has 2 N–H and O–H groups in total.